The van der Waals surface area contributed by atoms with Gasteiger partial charge in [-0.25, -0.2) is 15.0 Å². The Morgan fingerprint density at radius 3 is 1.66 bits per heavy atom. The van der Waals surface area contributed by atoms with E-state index in [1.54, 1.807) is 0 Å². The van der Waals surface area contributed by atoms with Crippen LogP contribution < -0.4 is 20.9 Å². The number of nitrogens with one attached hydrogen (secondary N) is 1. The van der Waals surface area contributed by atoms with E-state index < -0.39 is 0 Å². The zero-order valence-electron chi connectivity index (χ0n) is 41.8. The number of carbonyl (C=O) groups excluding carboxylic acids is 1. The number of ether oxygens (including phenoxy) is 2. The number of anilines is 4. The summed E-state index contributed by atoms with van der Waals surface area (Å²) >= 11 is 30.7. The van der Waals surface area contributed by atoms with Crippen molar-refractivity contribution in [2.75, 3.05) is 119 Å². The van der Waals surface area contributed by atoms with Crippen molar-refractivity contribution in [3.05, 3.63) is 122 Å². The number of aromatic nitrogens is 4. The molecule has 0 unspecified atom stereocenters. The molecule has 18 heteroatoms. The Morgan fingerprint density at radius 2 is 1.08 bits per heavy atom. The predicted molar refractivity (Wildman–Crippen MR) is 307 cm³/mol. The third kappa shape index (κ3) is 13.8. The van der Waals surface area contributed by atoms with E-state index >= 15 is 0 Å². The van der Waals surface area contributed by atoms with Gasteiger partial charge in [0.2, 0.25) is 5.24 Å². The number of nitrogens with zero attached hydrogens (tertiary/aromatic N) is 8. The molecule has 4 fully saturated rings. The highest BCUT2D eigenvalue weighted by atomic mass is 35.5. The number of benzene rings is 4. The second-order valence-electron chi connectivity index (χ2n) is 19.2. The number of fused-ring (bicyclic) bond motifs is 4. The quantitative estimate of drug-likeness (QED) is 0.107. The maximum atomic E-state index is 10.4. The van der Waals surface area contributed by atoms with Crippen LogP contribution in [0.3, 0.4) is 0 Å². The van der Waals surface area contributed by atoms with Gasteiger partial charge in [0.15, 0.2) is 11.6 Å². The van der Waals surface area contributed by atoms with E-state index in [2.05, 4.69) is 59.8 Å². The van der Waals surface area contributed by atoms with Crippen LogP contribution in [0.4, 0.5) is 23.0 Å². The monoisotopic (exact) mass is 1100 g/mol. The van der Waals surface area contributed by atoms with E-state index in [0.717, 1.165) is 120 Å². The van der Waals surface area contributed by atoms with Gasteiger partial charge in [0, 0.05) is 76.0 Å². The van der Waals surface area contributed by atoms with Crippen molar-refractivity contribution in [1.29, 1.82) is 0 Å². The van der Waals surface area contributed by atoms with Crippen molar-refractivity contribution in [1.82, 2.24) is 29.3 Å². The van der Waals surface area contributed by atoms with E-state index in [1.165, 1.54) is 70.3 Å². The zero-order valence-corrected chi connectivity index (χ0v) is 45.6. The second kappa shape index (κ2) is 26.4. The molecule has 13 nitrogen and oxygen atoms in total. The topological polar surface area (TPSA) is 130 Å². The largest absolute Gasteiger partial charge is 0.394 e. The number of piperidine rings is 2. The van der Waals surface area contributed by atoms with Crippen molar-refractivity contribution in [2.24, 2.45) is 0 Å². The van der Waals surface area contributed by atoms with Crippen LogP contribution in [0.5, 0.6) is 0 Å². The number of carbonyl (C=O) groups is 1. The molecule has 4 aliphatic rings. The number of hydrogen-bond acceptors (Lipinski definition) is 12. The van der Waals surface area contributed by atoms with Crippen molar-refractivity contribution >= 4 is 119 Å². The molecule has 3 N–H and O–H groups in total. The van der Waals surface area contributed by atoms with Gasteiger partial charge in [-0.1, -0.05) is 120 Å². The molecule has 0 atom stereocenters. The first-order chi connectivity index (χ1) is 36.1. The fourth-order valence-corrected chi connectivity index (χ4v) is 11.0. The Morgan fingerprint density at radius 1 is 0.581 bits per heavy atom. The fraction of sp³-hybridized carbons (Fsp3) is 0.429. The second-order valence-corrected chi connectivity index (χ2v) is 21.3. The molecule has 392 valence electrons. The summed E-state index contributed by atoms with van der Waals surface area (Å²) in [5.74, 6) is 2.75. The Hall–Kier alpha value is -4.67. The van der Waals surface area contributed by atoms with E-state index in [9.17, 15) is 4.79 Å². The van der Waals surface area contributed by atoms with E-state index in [4.69, 9.17) is 88.2 Å². The lowest BCUT2D eigenvalue weighted by atomic mass is 10.1. The van der Waals surface area contributed by atoms with Crippen LogP contribution in [-0.4, -0.2) is 133 Å². The average molecular weight is 1100 g/mol. The van der Waals surface area contributed by atoms with Gasteiger partial charge in [-0.3, -0.25) is 4.79 Å². The lowest BCUT2D eigenvalue weighted by molar-refractivity contribution is -0.111. The molecule has 0 amide bonds. The first-order valence-corrected chi connectivity index (χ1v) is 27.8. The van der Waals surface area contributed by atoms with Crippen LogP contribution in [-0.2, 0) is 33.7 Å². The van der Waals surface area contributed by atoms with Gasteiger partial charge in [0.05, 0.1) is 74.4 Å². The van der Waals surface area contributed by atoms with E-state index in [-0.39, 0.29) is 5.24 Å². The maximum Gasteiger partial charge on any atom is 0.226 e. The number of imidazole rings is 1. The molecule has 3 aromatic heterocycles. The number of morpholine rings is 2. The van der Waals surface area contributed by atoms with Crippen LogP contribution in [0, 0.1) is 0 Å². The molecule has 4 saturated heterocycles. The molecule has 0 bridgehead atoms. The number of hydrogen-bond donors (Lipinski definition) is 2. The van der Waals surface area contributed by atoms with Crippen LogP contribution in [0.2, 0.25) is 20.1 Å². The summed E-state index contributed by atoms with van der Waals surface area (Å²) in [5.41, 5.74) is 14.0. The number of rotatable bonds is 13. The normalized spacial score (nSPS) is 16.7. The zero-order chi connectivity index (χ0) is 51.4. The van der Waals surface area contributed by atoms with Crippen LogP contribution in [0.1, 0.15) is 55.5 Å². The number of halogens is 5. The summed E-state index contributed by atoms with van der Waals surface area (Å²) in [6, 6.07) is 27.5. The highest BCUT2D eigenvalue weighted by molar-refractivity contribution is 6.63. The highest BCUT2D eigenvalue weighted by Gasteiger charge is 2.26. The summed E-state index contributed by atoms with van der Waals surface area (Å²) < 4.78 is 13.5. The van der Waals surface area contributed by atoms with Gasteiger partial charge in [0.1, 0.15) is 11.3 Å². The predicted octanol–water partition coefficient (Wildman–Crippen LogP) is 11.7. The van der Waals surface area contributed by atoms with Crippen molar-refractivity contribution in [3.8, 4) is 0 Å². The van der Waals surface area contributed by atoms with Crippen LogP contribution >= 0.6 is 58.0 Å². The lowest BCUT2D eigenvalue weighted by Gasteiger charge is -2.30. The molecule has 0 spiro atoms. The lowest BCUT2D eigenvalue weighted by Crippen LogP contribution is -2.37. The third-order valence-corrected chi connectivity index (χ3v) is 15.7. The average Bonchev–Trinajstić information content (AvgIpc) is 3.78. The van der Waals surface area contributed by atoms with Gasteiger partial charge < -0.3 is 44.7 Å². The Kier molecular flexibility index (Phi) is 19.3. The Balaban J connectivity index is 0.000000157. The SMILES string of the molecule is Clc1cc2nc(N3CCOCC3)c3nc(Cc4ccccc4)n(CCN4CCCCC4)c3c2cc1Cl.Nc1c(N2CCOCC2)nc2cc(Cl)c(Cl)cc2c1NCCN1CCCCC1.O=C(Cl)Cc1ccccc1. The van der Waals surface area contributed by atoms with Crippen LogP contribution in [0.15, 0.2) is 84.9 Å². The van der Waals surface area contributed by atoms with Crippen LogP contribution in [0.25, 0.3) is 32.8 Å². The molecule has 0 aliphatic carbocycles. The summed E-state index contributed by atoms with van der Waals surface area (Å²) in [5, 5.41) is 7.23. The molecule has 7 aromatic rings. The first-order valence-electron chi connectivity index (χ1n) is 26.0. The van der Waals surface area contributed by atoms with Gasteiger partial charge in [0.25, 0.3) is 0 Å². The molecule has 4 aliphatic heterocycles. The van der Waals surface area contributed by atoms with Gasteiger partial charge in [-0.2, -0.15) is 0 Å². The molecular weight excluding hydrogens is 1040 g/mol. The minimum absolute atomic E-state index is 0.314. The van der Waals surface area contributed by atoms with Gasteiger partial charge in [-0.15, -0.1) is 0 Å². The third-order valence-electron chi connectivity index (χ3n) is 14.1. The maximum absolute atomic E-state index is 10.4. The highest BCUT2D eigenvalue weighted by Crippen LogP contribution is 2.40. The number of likely N-dealkylation sites (tertiary alicyclic amines) is 2. The molecular formula is C56H65Cl5N10O3. The number of nitrogen functional groups attached to an aromatic ring is 1. The summed E-state index contributed by atoms with van der Waals surface area (Å²) in [4.78, 5) is 35.1. The van der Waals surface area contributed by atoms with E-state index in [0.29, 0.717) is 58.6 Å². The standard InChI is InChI=1S/C28H31Cl2N5O.C20H27Cl2N5O.C8H7ClO/c29-22-18-21-24(19-23(22)30)31-28(34-13-15-36-16-14-34)26-27(21)35(12-11-33-9-5-2-6-10-33)25(32-26)17-20-7-3-1-4-8-20;21-15-12-14-17(13-16(15)22)25-20(27-8-10-28-11-9-27)18(23)19(14)24-4-7-26-5-2-1-3-6-26;9-8(10)6-7-4-2-1-3-5-7/h1,3-4,7-8,18-19H,2,5-6,9-17H2;12-13H,1-11,23H2,(H,24,25);1-5H,6H2. The van der Waals surface area contributed by atoms with Crippen molar-refractivity contribution < 1.29 is 14.3 Å². The van der Waals surface area contributed by atoms with Gasteiger partial charge in [-0.05, 0) is 98.9 Å². The molecule has 4 aromatic carbocycles. The fourth-order valence-electron chi connectivity index (χ4n) is 10.2. The molecule has 0 saturated carbocycles. The minimum Gasteiger partial charge on any atom is -0.394 e. The molecule has 0 radical (unpaired) electrons. The summed E-state index contributed by atoms with van der Waals surface area (Å²) in [6.07, 6.45) is 8.90. The number of pyridine rings is 2. The van der Waals surface area contributed by atoms with Crippen molar-refractivity contribution in [3.63, 3.8) is 0 Å². The van der Waals surface area contributed by atoms with Gasteiger partial charge >= 0.3 is 0 Å². The Labute approximate surface area is 459 Å². The Bertz CT molecular complexity index is 2980. The molecule has 74 heavy (non-hydrogen) atoms. The van der Waals surface area contributed by atoms with E-state index in [1.807, 2.05) is 54.6 Å². The first kappa shape index (κ1) is 54.1. The smallest absolute Gasteiger partial charge is 0.226 e. The minimum atomic E-state index is -0.314. The summed E-state index contributed by atoms with van der Waals surface area (Å²) in [7, 11) is 0. The molecule has 7 heterocycles. The molecule has 11 rings (SSSR count). The summed E-state index contributed by atoms with van der Waals surface area (Å²) in [6.45, 7) is 14.3. The van der Waals surface area contributed by atoms with Crippen molar-refractivity contribution in [2.45, 2.75) is 57.9 Å². The number of nitrogens with two attached hydrogens (primary N) is 1.